The molecule has 0 spiro atoms. The molecule has 0 aromatic heterocycles. The van der Waals surface area contributed by atoms with Crippen molar-refractivity contribution in [2.45, 2.75) is 38.7 Å². The number of nitrogens with zero attached hydrogens (tertiary/aromatic N) is 1. The van der Waals surface area contributed by atoms with E-state index in [1.807, 2.05) is 14.0 Å². The smallest absolute Gasteiger partial charge is 0.306 e. The van der Waals surface area contributed by atoms with Crippen LogP contribution in [0.2, 0.25) is 0 Å². The number of piperidine rings is 1. The molecule has 0 radical (unpaired) electrons. The minimum Gasteiger partial charge on any atom is -0.462 e. The van der Waals surface area contributed by atoms with Gasteiger partial charge in [-0.1, -0.05) is 6.92 Å². The second-order valence-electron chi connectivity index (χ2n) is 4.38. The van der Waals surface area contributed by atoms with E-state index in [9.17, 15) is 4.79 Å². The van der Waals surface area contributed by atoms with Crippen molar-refractivity contribution in [3.05, 3.63) is 0 Å². The Morgan fingerprint density at radius 3 is 2.69 bits per heavy atom. The zero-order chi connectivity index (χ0) is 11.8. The monoisotopic (exact) mass is 228 g/mol. The third-order valence-electron chi connectivity index (χ3n) is 2.96. The van der Waals surface area contributed by atoms with Crippen molar-refractivity contribution in [2.75, 3.05) is 33.2 Å². The summed E-state index contributed by atoms with van der Waals surface area (Å²) in [7, 11) is 1.97. The number of nitrogens with one attached hydrogen (secondary N) is 1. The van der Waals surface area contributed by atoms with Crippen LogP contribution in [-0.2, 0) is 9.53 Å². The Morgan fingerprint density at radius 2 is 2.12 bits per heavy atom. The summed E-state index contributed by atoms with van der Waals surface area (Å²) in [4.78, 5) is 13.7. The number of carbonyl (C=O) groups is 1. The molecule has 94 valence electrons. The van der Waals surface area contributed by atoms with E-state index in [1.165, 1.54) is 0 Å². The van der Waals surface area contributed by atoms with Gasteiger partial charge in [0.1, 0.15) is 6.10 Å². The maximum Gasteiger partial charge on any atom is 0.306 e. The van der Waals surface area contributed by atoms with Crippen molar-refractivity contribution >= 4 is 5.97 Å². The minimum atomic E-state index is -0.0313. The Morgan fingerprint density at radius 1 is 1.44 bits per heavy atom. The molecule has 1 N–H and O–H groups in total. The third-order valence-corrected chi connectivity index (χ3v) is 2.96. The SMILES string of the molecule is CCCC(=O)OC1CCN(CCNC)CC1. The fraction of sp³-hybridized carbons (Fsp3) is 0.917. The highest BCUT2D eigenvalue weighted by Gasteiger charge is 2.21. The summed E-state index contributed by atoms with van der Waals surface area (Å²) in [6, 6.07) is 0. The molecule has 0 amide bonds. The van der Waals surface area contributed by atoms with E-state index < -0.39 is 0 Å². The van der Waals surface area contributed by atoms with E-state index in [-0.39, 0.29) is 12.1 Å². The molecule has 1 heterocycles. The molecule has 0 saturated carbocycles. The molecule has 1 fully saturated rings. The van der Waals surface area contributed by atoms with Crippen LogP contribution in [0.3, 0.4) is 0 Å². The van der Waals surface area contributed by atoms with Crippen LogP contribution in [0, 0.1) is 0 Å². The second kappa shape index (κ2) is 7.63. The van der Waals surface area contributed by atoms with Gasteiger partial charge in [-0.25, -0.2) is 0 Å². The summed E-state index contributed by atoms with van der Waals surface area (Å²) in [5.41, 5.74) is 0. The van der Waals surface area contributed by atoms with E-state index in [0.717, 1.165) is 45.4 Å². The first-order valence-electron chi connectivity index (χ1n) is 6.32. The number of hydrogen-bond donors (Lipinski definition) is 1. The molecular weight excluding hydrogens is 204 g/mol. The third kappa shape index (κ3) is 4.94. The number of esters is 1. The second-order valence-corrected chi connectivity index (χ2v) is 4.38. The highest BCUT2D eigenvalue weighted by atomic mass is 16.5. The summed E-state index contributed by atoms with van der Waals surface area (Å²) < 4.78 is 5.40. The van der Waals surface area contributed by atoms with Gasteiger partial charge < -0.3 is 15.0 Å². The first kappa shape index (κ1) is 13.5. The Balaban J connectivity index is 2.14. The van der Waals surface area contributed by atoms with E-state index in [2.05, 4.69) is 10.2 Å². The number of carbonyl (C=O) groups excluding carboxylic acids is 1. The van der Waals surface area contributed by atoms with Gasteiger partial charge in [0.15, 0.2) is 0 Å². The largest absolute Gasteiger partial charge is 0.462 e. The minimum absolute atomic E-state index is 0.0313. The molecular formula is C12H24N2O2. The summed E-state index contributed by atoms with van der Waals surface area (Å²) in [5, 5.41) is 3.15. The van der Waals surface area contributed by atoms with E-state index >= 15 is 0 Å². The van der Waals surface area contributed by atoms with Gasteiger partial charge in [-0.15, -0.1) is 0 Å². The van der Waals surface area contributed by atoms with Crippen LogP contribution < -0.4 is 5.32 Å². The van der Waals surface area contributed by atoms with E-state index in [0.29, 0.717) is 6.42 Å². The summed E-state index contributed by atoms with van der Waals surface area (Å²) in [6.45, 7) is 6.21. The highest BCUT2D eigenvalue weighted by Crippen LogP contribution is 2.14. The number of rotatable bonds is 6. The first-order chi connectivity index (χ1) is 7.76. The topological polar surface area (TPSA) is 41.6 Å². The van der Waals surface area contributed by atoms with Crippen LogP contribution in [-0.4, -0.2) is 50.2 Å². The van der Waals surface area contributed by atoms with Gasteiger partial charge in [-0.3, -0.25) is 4.79 Å². The molecule has 1 aliphatic heterocycles. The average Bonchev–Trinajstić information content (AvgIpc) is 2.28. The van der Waals surface area contributed by atoms with Crippen molar-refractivity contribution in [3.8, 4) is 0 Å². The molecule has 16 heavy (non-hydrogen) atoms. The van der Waals surface area contributed by atoms with Crippen LogP contribution in [0.1, 0.15) is 32.6 Å². The lowest BCUT2D eigenvalue weighted by Crippen LogP contribution is -2.40. The first-order valence-corrected chi connectivity index (χ1v) is 6.32. The number of likely N-dealkylation sites (N-methyl/N-ethyl adjacent to an activating group) is 1. The Kier molecular flexibility index (Phi) is 6.42. The lowest BCUT2D eigenvalue weighted by molar-refractivity contribution is -0.151. The predicted molar refractivity (Wildman–Crippen MR) is 64.4 cm³/mol. The van der Waals surface area contributed by atoms with Crippen molar-refractivity contribution in [1.82, 2.24) is 10.2 Å². The van der Waals surface area contributed by atoms with E-state index in [1.54, 1.807) is 0 Å². The fourth-order valence-corrected chi connectivity index (χ4v) is 1.97. The van der Waals surface area contributed by atoms with Gasteiger partial charge in [0.2, 0.25) is 0 Å². The Labute approximate surface area is 98.3 Å². The molecule has 0 bridgehead atoms. The number of ether oxygens (including phenoxy) is 1. The summed E-state index contributed by atoms with van der Waals surface area (Å²) >= 11 is 0. The van der Waals surface area contributed by atoms with Crippen LogP contribution >= 0.6 is 0 Å². The average molecular weight is 228 g/mol. The van der Waals surface area contributed by atoms with Gasteiger partial charge in [0.05, 0.1) is 0 Å². The van der Waals surface area contributed by atoms with Crippen molar-refractivity contribution in [3.63, 3.8) is 0 Å². The predicted octanol–water partition coefficient (Wildman–Crippen LogP) is 1.01. The van der Waals surface area contributed by atoms with Gasteiger partial charge in [0.25, 0.3) is 0 Å². The zero-order valence-corrected chi connectivity index (χ0v) is 10.5. The van der Waals surface area contributed by atoms with Gasteiger partial charge in [0, 0.05) is 32.6 Å². The Hall–Kier alpha value is -0.610. The van der Waals surface area contributed by atoms with Crippen molar-refractivity contribution in [2.24, 2.45) is 0 Å². The highest BCUT2D eigenvalue weighted by molar-refractivity contribution is 5.69. The van der Waals surface area contributed by atoms with Crippen molar-refractivity contribution in [1.29, 1.82) is 0 Å². The lowest BCUT2D eigenvalue weighted by Gasteiger charge is -2.31. The van der Waals surface area contributed by atoms with Crippen LogP contribution in [0.5, 0.6) is 0 Å². The standard InChI is InChI=1S/C12H24N2O2/c1-3-4-12(15)16-11-5-8-14(9-6-11)10-7-13-2/h11,13H,3-10H2,1-2H3. The van der Waals surface area contributed by atoms with Crippen LogP contribution in [0.15, 0.2) is 0 Å². The maximum absolute atomic E-state index is 11.3. The van der Waals surface area contributed by atoms with Gasteiger partial charge >= 0.3 is 5.97 Å². The summed E-state index contributed by atoms with van der Waals surface area (Å²) in [5.74, 6) is -0.0313. The Bertz CT molecular complexity index is 201. The molecule has 0 aliphatic carbocycles. The van der Waals surface area contributed by atoms with Crippen LogP contribution in [0.4, 0.5) is 0 Å². The fourth-order valence-electron chi connectivity index (χ4n) is 1.97. The van der Waals surface area contributed by atoms with Crippen molar-refractivity contribution < 1.29 is 9.53 Å². The molecule has 0 unspecified atom stereocenters. The lowest BCUT2D eigenvalue weighted by atomic mass is 10.1. The molecule has 0 aromatic carbocycles. The number of likely N-dealkylation sites (tertiary alicyclic amines) is 1. The van der Waals surface area contributed by atoms with E-state index in [4.69, 9.17) is 4.74 Å². The molecule has 4 nitrogen and oxygen atoms in total. The normalized spacial score (nSPS) is 18.6. The molecule has 1 rings (SSSR count). The molecule has 0 atom stereocenters. The molecule has 0 aromatic rings. The molecule has 1 saturated heterocycles. The number of hydrogen-bond acceptors (Lipinski definition) is 4. The van der Waals surface area contributed by atoms with Gasteiger partial charge in [-0.2, -0.15) is 0 Å². The van der Waals surface area contributed by atoms with Gasteiger partial charge in [-0.05, 0) is 26.3 Å². The summed E-state index contributed by atoms with van der Waals surface area (Å²) in [6.07, 6.45) is 3.56. The zero-order valence-electron chi connectivity index (χ0n) is 10.5. The molecule has 1 aliphatic rings. The maximum atomic E-state index is 11.3. The molecule has 4 heteroatoms. The quantitative estimate of drug-likeness (QED) is 0.689. The van der Waals surface area contributed by atoms with Crippen LogP contribution in [0.25, 0.3) is 0 Å².